The SMILES string of the molecule is c1ccc2c(c1)oc1c2ccc2c3cc4c5cccnc5c5nccn5c4cc3oc21. The molecule has 0 aliphatic heterocycles. The first-order valence-corrected chi connectivity index (χ1v) is 10.2. The standard InChI is InChI=1S/C26H13N3O2/c1-2-6-21-14(4-1)16-7-8-17-19-12-18-15-5-3-9-27-23(15)26-28-10-11-29(26)20(18)13-22(19)31-25(17)24(16)30-21/h1-13H. The number of aromatic nitrogens is 3. The van der Waals surface area contributed by atoms with Crippen LogP contribution in [0.3, 0.4) is 0 Å². The van der Waals surface area contributed by atoms with Crippen LogP contribution in [-0.2, 0) is 0 Å². The molecule has 5 nitrogen and oxygen atoms in total. The van der Waals surface area contributed by atoms with E-state index in [1.54, 1.807) is 0 Å². The number of para-hydroxylation sites is 1. The van der Waals surface area contributed by atoms with Gasteiger partial charge in [0, 0.05) is 57.0 Å². The van der Waals surface area contributed by atoms with Gasteiger partial charge in [0.15, 0.2) is 16.8 Å². The molecule has 144 valence electrons. The van der Waals surface area contributed by atoms with Crippen LogP contribution in [-0.4, -0.2) is 14.4 Å². The highest BCUT2D eigenvalue weighted by molar-refractivity contribution is 6.22. The van der Waals surface area contributed by atoms with Gasteiger partial charge < -0.3 is 8.83 Å². The Bertz CT molecular complexity index is 2010. The van der Waals surface area contributed by atoms with Crippen molar-refractivity contribution in [1.29, 1.82) is 0 Å². The number of benzene rings is 3. The van der Waals surface area contributed by atoms with Gasteiger partial charge in [0.25, 0.3) is 0 Å². The Morgan fingerprint density at radius 3 is 2.35 bits per heavy atom. The lowest BCUT2D eigenvalue weighted by Crippen LogP contribution is -1.92. The molecule has 3 aromatic carbocycles. The average molecular weight is 399 g/mol. The third-order valence-electron chi connectivity index (χ3n) is 6.31. The van der Waals surface area contributed by atoms with E-state index < -0.39 is 0 Å². The maximum atomic E-state index is 6.40. The molecule has 0 saturated carbocycles. The van der Waals surface area contributed by atoms with Crippen molar-refractivity contribution in [3.8, 4) is 0 Å². The second-order valence-electron chi connectivity index (χ2n) is 7.91. The molecule has 0 aliphatic rings. The van der Waals surface area contributed by atoms with Crippen molar-refractivity contribution in [3.63, 3.8) is 0 Å². The van der Waals surface area contributed by atoms with Crippen LogP contribution in [0.25, 0.3) is 71.3 Å². The number of hydrogen-bond acceptors (Lipinski definition) is 4. The van der Waals surface area contributed by atoms with E-state index in [1.807, 2.05) is 42.9 Å². The van der Waals surface area contributed by atoms with E-state index in [2.05, 4.69) is 50.8 Å². The third kappa shape index (κ3) is 1.82. The minimum Gasteiger partial charge on any atom is -0.452 e. The van der Waals surface area contributed by atoms with Crippen LogP contribution in [0.1, 0.15) is 0 Å². The number of imidazole rings is 1. The lowest BCUT2D eigenvalue weighted by Gasteiger charge is -2.07. The maximum Gasteiger partial charge on any atom is 0.178 e. The summed E-state index contributed by atoms with van der Waals surface area (Å²) in [5.74, 6) is 0. The Kier molecular flexibility index (Phi) is 2.60. The number of rotatable bonds is 0. The van der Waals surface area contributed by atoms with E-state index in [0.29, 0.717) is 0 Å². The first kappa shape index (κ1) is 15.5. The Hall–Kier alpha value is -4.38. The third-order valence-corrected chi connectivity index (χ3v) is 6.31. The predicted octanol–water partition coefficient (Wildman–Crippen LogP) is 6.83. The Morgan fingerprint density at radius 1 is 0.613 bits per heavy atom. The van der Waals surface area contributed by atoms with E-state index in [-0.39, 0.29) is 0 Å². The molecule has 0 radical (unpaired) electrons. The molecule has 0 spiro atoms. The van der Waals surface area contributed by atoms with Gasteiger partial charge in [-0.25, -0.2) is 4.98 Å². The van der Waals surface area contributed by atoms with Crippen LogP contribution in [0, 0.1) is 0 Å². The summed E-state index contributed by atoms with van der Waals surface area (Å²) in [5.41, 5.74) is 6.05. The first-order valence-electron chi connectivity index (χ1n) is 10.2. The lowest BCUT2D eigenvalue weighted by atomic mass is 10.0. The van der Waals surface area contributed by atoms with Crippen LogP contribution >= 0.6 is 0 Å². The molecule has 0 bridgehead atoms. The van der Waals surface area contributed by atoms with Crippen molar-refractivity contribution in [2.24, 2.45) is 0 Å². The zero-order valence-electron chi connectivity index (χ0n) is 16.2. The molecule has 5 aromatic heterocycles. The van der Waals surface area contributed by atoms with Gasteiger partial charge in [0.05, 0.1) is 5.52 Å². The molecule has 0 aliphatic carbocycles. The molecule has 31 heavy (non-hydrogen) atoms. The second kappa shape index (κ2) is 5.21. The van der Waals surface area contributed by atoms with E-state index >= 15 is 0 Å². The van der Waals surface area contributed by atoms with Crippen molar-refractivity contribution >= 4 is 71.3 Å². The van der Waals surface area contributed by atoms with Crippen molar-refractivity contribution in [3.05, 3.63) is 79.3 Å². The average Bonchev–Trinajstić information content (AvgIpc) is 3.53. The number of pyridine rings is 2. The monoisotopic (exact) mass is 399 g/mol. The fraction of sp³-hybridized carbons (Fsp3) is 0. The summed E-state index contributed by atoms with van der Waals surface area (Å²) in [4.78, 5) is 9.15. The molecule has 8 aromatic rings. The van der Waals surface area contributed by atoms with Crippen molar-refractivity contribution in [2.45, 2.75) is 0 Å². The lowest BCUT2D eigenvalue weighted by molar-refractivity contribution is 0.633. The number of hydrogen-bond donors (Lipinski definition) is 0. The summed E-state index contributed by atoms with van der Waals surface area (Å²) in [5, 5.41) is 6.48. The van der Waals surface area contributed by atoms with E-state index in [0.717, 1.165) is 71.3 Å². The van der Waals surface area contributed by atoms with Crippen molar-refractivity contribution < 1.29 is 8.83 Å². The number of furan rings is 2. The summed E-state index contributed by atoms with van der Waals surface area (Å²) in [7, 11) is 0. The van der Waals surface area contributed by atoms with Gasteiger partial charge in [-0.1, -0.05) is 24.3 Å². The summed E-state index contributed by atoms with van der Waals surface area (Å²) in [6.45, 7) is 0. The highest BCUT2D eigenvalue weighted by Gasteiger charge is 2.18. The molecule has 0 unspecified atom stereocenters. The summed E-state index contributed by atoms with van der Waals surface area (Å²) >= 11 is 0. The maximum absolute atomic E-state index is 6.40. The van der Waals surface area contributed by atoms with Gasteiger partial charge in [0.1, 0.15) is 16.7 Å². The minimum atomic E-state index is 0.781. The van der Waals surface area contributed by atoms with Gasteiger partial charge >= 0.3 is 0 Å². The molecule has 0 saturated heterocycles. The highest BCUT2D eigenvalue weighted by Crippen LogP contribution is 2.40. The van der Waals surface area contributed by atoms with E-state index in [1.165, 1.54) is 0 Å². The van der Waals surface area contributed by atoms with Crippen molar-refractivity contribution in [2.75, 3.05) is 0 Å². The van der Waals surface area contributed by atoms with Crippen LogP contribution in [0.4, 0.5) is 0 Å². The smallest absolute Gasteiger partial charge is 0.178 e. The Labute approximate surface area is 174 Å². The van der Waals surface area contributed by atoms with E-state index in [9.17, 15) is 0 Å². The number of nitrogens with zero attached hydrogens (tertiary/aromatic N) is 3. The van der Waals surface area contributed by atoms with Crippen LogP contribution in [0.5, 0.6) is 0 Å². The van der Waals surface area contributed by atoms with Gasteiger partial charge in [-0.2, -0.15) is 0 Å². The summed E-state index contributed by atoms with van der Waals surface area (Å²) in [6, 6.07) is 20.7. The fourth-order valence-corrected chi connectivity index (χ4v) is 4.94. The zero-order chi connectivity index (χ0) is 20.1. The Morgan fingerprint density at radius 2 is 1.42 bits per heavy atom. The van der Waals surface area contributed by atoms with Crippen LogP contribution < -0.4 is 0 Å². The van der Waals surface area contributed by atoms with Gasteiger partial charge in [-0.3, -0.25) is 9.38 Å². The van der Waals surface area contributed by atoms with Gasteiger partial charge in [0.2, 0.25) is 0 Å². The largest absolute Gasteiger partial charge is 0.452 e. The fourth-order valence-electron chi connectivity index (χ4n) is 4.94. The molecule has 0 N–H and O–H groups in total. The molecule has 0 fully saturated rings. The van der Waals surface area contributed by atoms with Crippen molar-refractivity contribution in [1.82, 2.24) is 14.4 Å². The molecule has 0 amide bonds. The normalized spacial score (nSPS) is 12.5. The van der Waals surface area contributed by atoms with Gasteiger partial charge in [-0.15, -0.1) is 0 Å². The molecular weight excluding hydrogens is 386 g/mol. The quantitative estimate of drug-likeness (QED) is 0.262. The molecule has 0 atom stereocenters. The molecule has 5 heteroatoms. The Balaban J connectivity index is 1.61. The van der Waals surface area contributed by atoms with E-state index in [4.69, 9.17) is 8.83 Å². The second-order valence-corrected chi connectivity index (χ2v) is 7.91. The summed E-state index contributed by atoms with van der Waals surface area (Å²) < 4.78 is 14.7. The predicted molar refractivity (Wildman–Crippen MR) is 123 cm³/mol. The van der Waals surface area contributed by atoms with Crippen LogP contribution in [0.2, 0.25) is 0 Å². The zero-order valence-corrected chi connectivity index (χ0v) is 16.2. The molecule has 8 rings (SSSR count). The first-order chi connectivity index (χ1) is 15.4. The number of fused-ring (bicyclic) bond motifs is 13. The van der Waals surface area contributed by atoms with Gasteiger partial charge in [-0.05, 0) is 30.3 Å². The molecule has 5 heterocycles. The minimum absolute atomic E-state index is 0.781. The van der Waals surface area contributed by atoms with Crippen LogP contribution in [0.15, 0.2) is 88.1 Å². The topological polar surface area (TPSA) is 56.5 Å². The summed E-state index contributed by atoms with van der Waals surface area (Å²) in [6.07, 6.45) is 5.59. The highest BCUT2D eigenvalue weighted by atomic mass is 16.4. The molecular formula is C26H13N3O2.